The molecule has 2 spiro atoms. The van der Waals surface area contributed by atoms with Crippen molar-refractivity contribution in [2.24, 2.45) is 23.7 Å². The van der Waals surface area contributed by atoms with Gasteiger partial charge in [0.25, 0.3) is 0 Å². The molecule has 2 aromatic rings. The first-order valence-corrected chi connectivity index (χ1v) is 9.89. The summed E-state index contributed by atoms with van der Waals surface area (Å²) in [6, 6.07) is 17.7. The molecule has 126 valence electrons. The molecule has 1 heterocycles. The third kappa shape index (κ3) is 1.30. The molecule has 1 saturated heterocycles. The Morgan fingerprint density at radius 2 is 1.16 bits per heavy atom. The lowest BCUT2D eigenvalue weighted by Gasteiger charge is -2.69. The van der Waals surface area contributed by atoms with E-state index in [0.29, 0.717) is 11.8 Å². The highest BCUT2D eigenvalue weighted by atomic mass is 17.3. The molecule has 0 radical (unpaired) electrons. The second-order valence-electron chi connectivity index (χ2n) is 9.04. The van der Waals surface area contributed by atoms with Crippen LogP contribution in [-0.2, 0) is 15.4 Å². The first-order chi connectivity index (χ1) is 12.3. The third-order valence-corrected chi connectivity index (χ3v) is 8.11. The molecule has 6 aliphatic rings. The van der Waals surface area contributed by atoms with Crippen LogP contribution in [0.15, 0.2) is 48.5 Å². The van der Waals surface area contributed by atoms with Crippen molar-refractivity contribution in [2.45, 2.75) is 43.3 Å². The Bertz CT molecular complexity index is 825. The van der Waals surface area contributed by atoms with E-state index in [-0.39, 0.29) is 11.2 Å². The van der Waals surface area contributed by atoms with Crippen LogP contribution < -0.4 is 0 Å². The van der Waals surface area contributed by atoms with Crippen LogP contribution >= 0.6 is 0 Å². The van der Waals surface area contributed by atoms with Gasteiger partial charge in [-0.1, -0.05) is 48.5 Å². The third-order valence-electron chi connectivity index (χ3n) is 8.11. The van der Waals surface area contributed by atoms with Crippen molar-refractivity contribution in [3.05, 3.63) is 59.7 Å². The molecule has 5 fully saturated rings. The Morgan fingerprint density at radius 3 is 1.64 bits per heavy atom. The number of rotatable bonds is 0. The zero-order valence-corrected chi connectivity index (χ0v) is 14.3. The summed E-state index contributed by atoms with van der Waals surface area (Å²) >= 11 is 0. The van der Waals surface area contributed by atoms with Crippen LogP contribution in [0.5, 0.6) is 0 Å². The van der Waals surface area contributed by atoms with Crippen LogP contribution in [0.1, 0.15) is 43.2 Å². The van der Waals surface area contributed by atoms with Gasteiger partial charge in [-0.15, -0.1) is 0 Å². The molecule has 2 nitrogen and oxygen atoms in total. The van der Waals surface area contributed by atoms with Crippen molar-refractivity contribution in [1.82, 2.24) is 0 Å². The smallest absolute Gasteiger partial charge is 0.187 e. The van der Waals surface area contributed by atoms with Gasteiger partial charge in [0.1, 0.15) is 5.60 Å². The molecular formula is C23H22O2. The van der Waals surface area contributed by atoms with Gasteiger partial charge in [-0.05, 0) is 66.9 Å². The summed E-state index contributed by atoms with van der Waals surface area (Å²) in [5.41, 5.74) is 4.86. The van der Waals surface area contributed by atoms with Gasteiger partial charge in [0.2, 0.25) is 0 Å². The van der Waals surface area contributed by atoms with E-state index in [1.165, 1.54) is 54.4 Å². The van der Waals surface area contributed by atoms with Gasteiger partial charge in [0.15, 0.2) is 5.60 Å². The average molecular weight is 330 g/mol. The molecular weight excluding hydrogens is 308 g/mol. The van der Waals surface area contributed by atoms with Gasteiger partial charge >= 0.3 is 0 Å². The molecule has 0 aromatic heterocycles. The Hall–Kier alpha value is -1.64. The van der Waals surface area contributed by atoms with Gasteiger partial charge in [-0.3, -0.25) is 0 Å². The predicted molar refractivity (Wildman–Crippen MR) is 94.6 cm³/mol. The van der Waals surface area contributed by atoms with Gasteiger partial charge < -0.3 is 0 Å². The second-order valence-corrected chi connectivity index (χ2v) is 9.04. The first kappa shape index (κ1) is 13.5. The SMILES string of the molecule is c1ccc2c(c1)-c1ccccc1C21OOC12C1CC3CC(C1)CC2C3. The van der Waals surface area contributed by atoms with Gasteiger partial charge in [0, 0.05) is 11.1 Å². The fraction of sp³-hybridized carbons (Fsp3) is 0.478. The number of hydrogen-bond acceptors (Lipinski definition) is 2. The quantitative estimate of drug-likeness (QED) is 0.628. The Morgan fingerprint density at radius 1 is 0.640 bits per heavy atom. The highest BCUT2D eigenvalue weighted by Gasteiger charge is 2.77. The molecule has 0 N–H and O–H groups in total. The molecule has 0 amide bonds. The molecule has 0 atom stereocenters. The predicted octanol–water partition coefficient (Wildman–Crippen LogP) is 5.07. The Balaban J connectivity index is 1.52. The summed E-state index contributed by atoms with van der Waals surface area (Å²) < 4.78 is 0. The summed E-state index contributed by atoms with van der Waals surface area (Å²) in [6.07, 6.45) is 6.81. The fourth-order valence-electron chi connectivity index (χ4n) is 7.52. The summed E-state index contributed by atoms with van der Waals surface area (Å²) in [6.45, 7) is 0. The topological polar surface area (TPSA) is 18.5 Å². The zero-order chi connectivity index (χ0) is 16.2. The lowest BCUT2D eigenvalue weighted by molar-refractivity contribution is -0.582. The monoisotopic (exact) mass is 330 g/mol. The minimum absolute atomic E-state index is 0.136. The molecule has 0 unspecified atom stereocenters. The van der Waals surface area contributed by atoms with Crippen LogP contribution in [-0.4, -0.2) is 5.60 Å². The van der Waals surface area contributed by atoms with Crippen molar-refractivity contribution < 1.29 is 9.78 Å². The van der Waals surface area contributed by atoms with Crippen LogP contribution in [0.4, 0.5) is 0 Å². The zero-order valence-electron chi connectivity index (χ0n) is 14.3. The van der Waals surface area contributed by atoms with E-state index in [9.17, 15) is 0 Å². The van der Waals surface area contributed by atoms with Gasteiger partial charge in [-0.2, -0.15) is 0 Å². The maximum atomic E-state index is 6.25. The number of benzene rings is 2. The largest absolute Gasteiger partial charge is 0.224 e. The lowest BCUT2D eigenvalue weighted by Crippen LogP contribution is -2.75. The highest BCUT2D eigenvalue weighted by molar-refractivity contribution is 5.81. The van der Waals surface area contributed by atoms with Gasteiger partial charge in [-0.25, -0.2) is 9.78 Å². The summed E-state index contributed by atoms with van der Waals surface area (Å²) in [5.74, 6) is 3.16. The summed E-state index contributed by atoms with van der Waals surface area (Å²) in [4.78, 5) is 12.5. The fourth-order valence-corrected chi connectivity index (χ4v) is 7.52. The van der Waals surface area contributed by atoms with E-state index in [1.54, 1.807) is 0 Å². The van der Waals surface area contributed by atoms with E-state index in [4.69, 9.17) is 9.78 Å². The van der Waals surface area contributed by atoms with Crippen LogP contribution in [0.25, 0.3) is 11.1 Å². The Kier molecular flexibility index (Phi) is 2.27. The average Bonchev–Trinajstić information content (AvgIpc) is 2.93. The maximum absolute atomic E-state index is 6.25. The van der Waals surface area contributed by atoms with E-state index in [0.717, 1.165) is 11.8 Å². The molecule has 4 saturated carbocycles. The second kappa shape index (κ2) is 4.19. The number of hydrogen-bond donors (Lipinski definition) is 0. The molecule has 2 aromatic carbocycles. The van der Waals surface area contributed by atoms with Crippen molar-refractivity contribution in [1.29, 1.82) is 0 Å². The normalized spacial score (nSPS) is 41.0. The van der Waals surface area contributed by atoms with Gasteiger partial charge in [0.05, 0.1) is 0 Å². The minimum Gasteiger partial charge on any atom is -0.224 e. The first-order valence-electron chi connectivity index (χ1n) is 9.89. The van der Waals surface area contributed by atoms with Crippen molar-refractivity contribution in [2.75, 3.05) is 0 Å². The lowest BCUT2D eigenvalue weighted by atomic mass is 9.45. The molecule has 5 aliphatic carbocycles. The molecule has 8 rings (SSSR count). The van der Waals surface area contributed by atoms with E-state index >= 15 is 0 Å². The van der Waals surface area contributed by atoms with Crippen molar-refractivity contribution >= 4 is 0 Å². The summed E-state index contributed by atoms with van der Waals surface area (Å²) in [5, 5.41) is 0. The Labute approximate surface area is 148 Å². The maximum Gasteiger partial charge on any atom is 0.187 e. The standard InChI is InChI=1S/C23H22O2/c1-3-7-20-18(5-1)19-6-2-4-8-21(19)23(20)22(24-25-23)16-10-14-9-15(12-16)13-17(22)11-14/h1-8,14-17H,9-13H2. The van der Waals surface area contributed by atoms with Crippen LogP contribution in [0, 0.1) is 23.7 Å². The molecule has 2 heteroatoms. The molecule has 1 aliphatic heterocycles. The highest BCUT2D eigenvalue weighted by Crippen LogP contribution is 2.73. The van der Waals surface area contributed by atoms with Crippen LogP contribution in [0.2, 0.25) is 0 Å². The van der Waals surface area contributed by atoms with Crippen LogP contribution in [0.3, 0.4) is 0 Å². The molecule has 25 heavy (non-hydrogen) atoms. The van der Waals surface area contributed by atoms with Crippen molar-refractivity contribution in [3.8, 4) is 11.1 Å². The minimum atomic E-state index is -0.372. The van der Waals surface area contributed by atoms with Crippen molar-refractivity contribution in [3.63, 3.8) is 0 Å². The van der Waals surface area contributed by atoms with E-state index < -0.39 is 0 Å². The summed E-state index contributed by atoms with van der Waals surface area (Å²) in [7, 11) is 0. The number of fused-ring (bicyclic) bond motifs is 5. The molecule has 4 bridgehead atoms. The van der Waals surface area contributed by atoms with E-state index in [1.807, 2.05) is 0 Å². The van der Waals surface area contributed by atoms with E-state index in [2.05, 4.69) is 48.5 Å².